The van der Waals surface area contributed by atoms with Gasteiger partial charge in [-0.25, -0.2) is 4.79 Å². The fraction of sp³-hybridized carbons (Fsp3) is 0.923. The Morgan fingerprint density at radius 1 is 1.00 bits per heavy atom. The van der Waals surface area contributed by atoms with Crippen molar-refractivity contribution in [3.63, 3.8) is 0 Å². The number of rotatable bonds is 13. The standard InChI is InChI=1S/C13H30N2O5Si/c1-18-21(19-2,20-3)12-8-11-15(13(16)17)10-7-5-4-6-9-14/h4-12,14H2,1-3H3,(H,16,17). The van der Waals surface area contributed by atoms with Crippen LogP contribution in [-0.2, 0) is 13.3 Å². The number of nitrogens with zero attached hydrogens (tertiary/aromatic N) is 1. The summed E-state index contributed by atoms with van der Waals surface area (Å²) in [5.41, 5.74) is 5.43. The molecule has 0 aromatic carbocycles. The summed E-state index contributed by atoms with van der Waals surface area (Å²) in [6.07, 6.45) is 3.71. The van der Waals surface area contributed by atoms with Gasteiger partial charge in [0.1, 0.15) is 0 Å². The number of hydrogen-bond donors (Lipinski definition) is 2. The molecule has 0 aliphatic carbocycles. The van der Waals surface area contributed by atoms with Crippen LogP contribution in [0.5, 0.6) is 0 Å². The zero-order valence-corrected chi connectivity index (χ0v) is 14.5. The molecule has 8 heteroatoms. The van der Waals surface area contributed by atoms with Crippen LogP contribution in [0.4, 0.5) is 4.79 Å². The van der Waals surface area contributed by atoms with Gasteiger partial charge in [-0.2, -0.15) is 0 Å². The van der Waals surface area contributed by atoms with Gasteiger partial charge in [0.15, 0.2) is 0 Å². The van der Waals surface area contributed by atoms with Crippen LogP contribution in [0.15, 0.2) is 0 Å². The predicted molar refractivity (Wildman–Crippen MR) is 83.3 cm³/mol. The fourth-order valence-electron chi connectivity index (χ4n) is 2.15. The molecule has 0 fully saturated rings. The molecule has 0 atom stereocenters. The second-order valence-electron chi connectivity index (χ2n) is 4.87. The molecule has 0 spiro atoms. The molecule has 0 aliphatic rings. The first-order valence-corrected chi connectivity index (χ1v) is 9.31. The third kappa shape index (κ3) is 8.37. The first-order chi connectivity index (χ1) is 10.0. The molecule has 0 saturated heterocycles. The molecule has 0 rings (SSSR count). The number of hydrogen-bond acceptors (Lipinski definition) is 5. The smallest absolute Gasteiger partial charge is 0.465 e. The Balaban J connectivity index is 4.07. The zero-order valence-electron chi connectivity index (χ0n) is 13.5. The minimum atomic E-state index is -2.60. The molecule has 0 aromatic rings. The Hall–Kier alpha value is -0.673. The van der Waals surface area contributed by atoms with Crippen molar-refractivity contribution in [2.24, 2.45) is 5.73 Å². The summed E-state index contributed by atoms with van der Waals surface area (Å²) >= 11 is 0. The van der Waals surface area contributed by atoms with Crippen LogP contribution in [0.3, 0.4) is 0 Å². The second kappa shape index (κ2) is 11.9. The van der Waals surface area contributed by atoms with Crippen molar-refractivity contribution in [2.45, 2.75) is 38.1 Å². The Kier molecular flexibility index (Phi) is 11.5. The Morgan fingerprint density at radius 3 is 2.00 bits per heavy atom. The lowest BCUT2D eigenvalue weighted by Crippen LogP contribution is -2.43. The highest BCUT2D eigenvalue weighted by Gasteiger charge is 2.37. The van der Waals surface area contributed by atoms with Crippen LogP contribution in [0, 0.1) is 0 Å². The average Bonchev–Trinajstić information content (AvgIpc) is 2.49. The molecule has 3 N–H and O–H groups in total. The van der Waals surface area contributed by atoms with E-state index >= 15 is 0 Å². The van der Waals surface area contributed by atoms with Gasteiger partial charge in [0, 0.05) is 40.5 Å². The van der Waals surface area contributed by atoms with Gasteiger partial charge in [0.05, 0.1) is 0 Å². The maximum Gasteiger partial charge on any atom is 0.500 e. The Morgan fingerprint density at radius 2 is 1.52 bits per heavy atom. The van der Waals surface area contributed by atoms with Crippen molar-refractivity contribution in [3.05, 3.63) is 0 Å². The summed E-state index contributed by atoms with van der Waals surface area (Å²) < 4.78 is 16.0. The Labute approximate surface area is 128 Å². The number of unbranched alkanes of at least 4 members (excludes halogenated alkanes) is 3. The molecule has 0 aromatic heterocycles. The first-order valence-electron chi connectivity index (χ1n) is 7.38. The van der Waals surface area contributed by atoms with Crippen LogP contribution in [0.2, 0.25) is 6.04 Å². The number of nitrogens with two attached hydrogens (primary N) is 1. The lowest BCUT2D eigenvalue weighted by Gasteiger charge is -2.25. The molecule has 0 bridgehead atoms. The highest BCUT2D eigenvalue weighted by molar-refractivity contribution is 6.60. The minimum absolute atomic E-state index is 0.469. The summed E-state index contributed by atoms with van der Waals surface area (Å²) in [6.45, 7) is 1.72. The van der Waals surface area contributed by atoms with Crippen molar-refractivity contribution in [3.8, 4) is 0 Å². The van der Waals surface area contributed by atoms with E-state index < -0.39 is 14.9 Å². The molecule has 0 radical (unpaired) electrons. The predicted octanol–water partition coefficient (Wildman–Crippen LogP) is 1.75. The molecular weight excluding hydrogens is 292 g/mol. The maximum atomic E-state index is 11.2. The topological polar surface area (TPSA) is 94.3 Å². The molecule has 0 aliphatic heterocycles. The summed E-state index contributed by atoms with van der Waals surface area (Å²) in [5.74, 6) is 0. The van der Waals surface area contributed by atoms with E-state index in [4.69, 9.17) is 19.0 Å². The van der Waals surface area contributed by atoms with Crippen molar-refractivity contribution in [1.29, 1.82) is 0 Å². The van der Waals surface area contributed by atoms with Crippen LogP contribution < -0.4 is 5.73 Å². The summed E-state index contributed by atoms with van der Waals surface area (Å²) in [4.78, 5) is 12.7. The van der Waals surface area contributed by atoms with Gasteiger partial charge < -0.3 is 29.0 Å². The molecular formula is C13H30N2O5Si. The van der Waals surface area contributed by atoms with E-state index in [9.17, 15) is 9.90 Å². The first kappa shape index (κ1) is 20.3. The molecule has 1 amide bonds. The zero-order chi connectivity index (χ0) is 16.1. The van der Waals surface area contributed by atoms with Crippen molar-refractivity contribution in [1.82, 2.24) is 4.90 Å². The van der Waals surface area contributed by atoms with Gasteiger partial charge >= 0.3 is 14.9 Å². The average molecular weight is 322 g/mol. The minimum Gasteiger partial charge on any atom is -0.465 e. The molecule has 0 saturated carbocycles. The van der Waals surface area contributed by atoms with E-state index in [1.807, 2.05) is 0 Å². The van der Waals surface area contributed by atoms with Crippen molar-refractivity contribution >= 4 is 14.9 Å². The van der Waals surface area contributed by atoms with Crippen molar-refractivity contribution < 1.29 is 23.2 Å². The lowest BCUT2D eigenvalue weighted by molar-refractivity contribution is 0.118. The monoisotopic (exact) mass is 322 g/mol. The molecule has 0 heterocycles. The third-order valence-electron chi connectivity index (χ3n) is 3.50. The quantitative estimate of drug-likeness (QED) is 0.396. The van der Waals surface area contributed by atoms with Crippen LogP contribution in [-0.4, -0.2) is 65.9 Å². The van der Waals surface area contributed by atoms with Gasteiger partial charge in [0.25, 0.3) is 0 Å². The van der Waals surface area contributed by atoms with E-state index in [0.717, 1.165) is 25.7 Å². The van der Waals surface area contributed by atoms with E-state index in [0.29, 0.717) is 32.1 Å². The highest BCUT2D eigenvalue weighted by atomic mass is 28.4. The second-order valence-corrected chi connectivity index (χ2v) is 7.96. The maximum absolute atomic E-state index is 11.2. The third-order valence-corrected chi connectivity index (χ3v) is 6.33. The number of carboxylic acid groups (broad SMARTS) is 1. The summed E-state index contributed by atoms with van der Waals surface area (Å²) in [7, 11) is 2.08. The van der Waals surface area contributed by atoms with Gasteiger partial charge in [0.2, 0.25) is 0 Å². The van der Waals surface area contributed by atoms with Gasteiger partial charge in [-0.3, -0.25) is 0 Å². The summed E-state index contributed by atoms with van der Waals surface area (Å²) in [6, 6.07) is 0.605. The van der Waals surface area contributed by atoms with E-state index in [1.165, 1.54) is 4.90 Å². The fourth-order valence-corrected chi connectivity index (χ4v) is 3.85. The SMILES string of the molecule is CO[Si](CCCN(CCCCCCN)C(=O)O)(OC)OC. The molecule has 0 unspecified atom stereocenters. The highest BCUT2D eigenvalue weighted by Crippen LogP contribution is 2.15. The van der Waals surface area contributed by atoms with Crippen molar-refractivity contribution in [2.75, 3.05) is 41.0 Å². The molecule has 21 heavy (non-hydrogen) atoms. The van der Waals surface area contributed by atoms with Gasteiger partial charge in [-0.05, 0) is 25.8 Å². The Bertz CT molecular complexity index is 269. The lowest BCUT2D eigenvalue weighted by atomic mass is 10.2. The van der Waals surface area contributed by atoms with E-state index in [1.54, 1.807) is 21.3 Å². The molecule has 126 valence electrons. The van der Waals surface area contributed by atoms with E-state index in [2.05, 4.69) is 0 Å². The van der Waals surface area contributed by atoms with Gasteiger partial charge in [-0.1, -0.05) is 12.8 Å². The van der Waals surface area contributed by atoms with Gasteiger partial charge in [-0.15, -0.1) is 0 Å². The number of amides is 1. The largest absolute Gasteiger partial charge is 0.500 e. The van der Waals surface area contributed by atoms with E-state index in [-0.39, 0.29) is 0 Å². The summed E-state index contributed by atoms with van der Waals surface area (Å²) in [5, 5.41) is 9.20. The van der Waals surface area contributed by atoms with Crippen LogP contribution in [0.25, 0.3) is 0 Å². The van der Waals surface area contributed by atoms with Crippen LogP contribution in [0.1, 0.15) is 32.1 Å². The number of carbonyl (C=O) groups is 1. The normalized spacial score (nSPS) is 11.6. The molecule has 7 nitrogen and oxygen atoms in total. The van der Waals surface area contributed by atoms with Crippen LogP contribution >= 0.6 is 0 Å².